The summed E-state index contributed by atoms with van der Waals surface area (Å²) in [5.41, 5.74) is 3.23. The molecule has 0 aromatic carbocycles. The highest BCUT2D eigenvalue weighted by atomic mass is 32.1. The highest BCUT2D eigenvalue weighted by Gasteiger charge is 2.24. The number of aryl methyl sites for hydroxylation is 1. The number of piperidine rings is 1. The first-order valence-corrected chi connectivity index (χ1v) is 9.40. The molecular formula is C18H22N6S. The Hall–Kier alpha value is -2.28. The number of hydrogen-bond donors (Lipinski definition) is 0. The third kappa shape index (κ3) is 3.28. The Kier molecular flexibility index (Phi) is 4.25. The average molecular weight is 354 g/mol. The van der Waals surface area contributed by atoms with Crippen molar-refractivity contribution in [3.05, 3.63) is 35.8 Å². The molecule has 3 aromatic rings. The van der Waals surface area contributed by atoms with Crippen LogP contribution in [0.4, 0.5) is 11.1 Å². The van der Waals surface area contributed by atoms with Crippen molar-refractivity contribution in [3.8, 4) is 0 Å². The molecule has 0 spiro atoms. The van der Waals surface area contributed by atoms with Gasteiger partial charge in [-0.05, 0) is 37.5 Å². The third-order valence-electron chi connectivity index (χ3n) is 4.61. The first-order chi connectivity index (χ1) is 12.1. The monoisotopic (exact) mass is 354 g/mol. The van der Waals surface area contributed by atoms with Crippen molar-refractivity contribution >= 4 is 32.8 Å². The van der Waals surface area contributed by atoms with E-state index >= 15 is 0 Å². The van der Waals surface area contributed by atoms with Gasteiger partial charge in [-0.25, -0.2) is 4.98 Å². The SMILES string of the molecule is Cc1cc(C2CCCN(c3ncc4sc(N(C)C)nc4n3)C2)ccn1. The minimum Gasteiger partial charge on any atom is -0.354 e. The Morgan fingerprint density at radius 2 is 2.12 bits per heavy atom. The molecule has 1 aliphatic rings. The molecule has 1 atom stereocenters. The zero-order chi connectivity index (χ0) is 17.4. The van der Waals surface area contributed by atoms with E-state index in [0.29, 0.717) is 5.92 Å². The Morgan fingerprint density at radius 3 is 2.92 bits per heavy atom. The van der Waals surface area contributed by atoms with Gasteiger partial charge in [0.2, 0.25) is 5.95 Å². The first kappa shape index (κ1) is 16.2. The standard InChI is InChI=1S/C18H22N6S/c1-12-9-13(6-7-19-12)14-5-4-8-24(11-14)17-20-10-15-16(21-17)22-18(25-15)23(2)3/h6-7,9-10,14H,4-5,8,11H2,1-3H3. The Balaban J connectivity index is 1.59. The molecular weight excluding hydrogens is 332 g/mol. The minimum absolute atomic E-state index is 0.502. The summed E-state index contributed by atoms with van der Waals surface area (Å²) in [7, 11) is 4.00. The number of nitrogens with zero attached hydrogens (tertiary/aromatic N) is 6. The van der Waals surface area contributed by atoms with Crippen LogP contribution in [0.2, 0.25) is 0 Å². The highest BCUT2D eigenvalue weighted by molar-refractivity contribution is 7.22. The molecule has 4 rings (SSSR count). The van der Waals surface area contributed by atoms with Crippen molar-refractivity contribution in [1.29, 1.82) is 0 Å². The van der Waals surface area contributed by atoms with Gasteiger partial charge in [0.25, 0.3) is 0 Å². The van der Waals surface area contributed by atoms with E-state index in [1.807, 2.05) is 38.3 Å². The summed E-state index contributed by atoms with van der Waals surface area (Å²) in [6.45, 7) is 3.99. The quantitative estimate of drug-likeness (QED) is 0.720. The molecule has 4 heterocycles. The molecule has 1 unspecified atom stereocenters. The van der Waals surface area contributed by atoms with Crippen LogP contribution >= 0.6 is 11.3 Å². The minimum atomic E-state index is 0.502. The van der Waals surface area contributed by atoms with Crippen molar-refractivity contribution in [2.24, 2.45) is 0 Å². The molecule has 0 bridgehead atoms. The third-order valence-corrected chi connectivity index (χ3v) is 5.75. The Morgan fingerprint density at radius 1 is 1.24 bits per heavy atom. The smallest absolute Gasteiger partial charge is 0.227 e. The van der Waals surface area contributed by atoms with E-state index in [9.17, 15) is 0 Å². The van der Waals surface area contributed by atoms with E-state index in [1.54, 1.807) is 11.3 Å². The van der Waals surface area contributed by atoms with E-state index in [2.05, 4.69) is 32.0 Å². The van der Waals surface area contributed by atoms with Crippen LogP contribution in [-0.4, -0.2) is 47.1 Å². The van der Waals surface area contributed by atoms with Crippen molar-refractivity contribution in [2.75, 3.05) is 37.0 Å². The molecule has 1 aliphatic heterocycles. The largest absolute Gasteiger partial charge is 0.354 e. The van der Waals surface area contributed by atoms with E-state index in [0.717, 1.165) is 46.6 Å². The predicted octanol–water partition coefficient (Wildman–Crippen LogP) is 3.24. The molecule has 0 radical (unpaired) electrons. The summed E-state index contributed by atoms with van der Waals surface area (Å²) < 4.78 is 1.03. The predicted molar refractivity (Wildman–Crippen MR) is 103 cm³/mol. The average Bonchev–Trinajstić information content (AvgIpc) is 3.05. The maximum atomic E-state index is 4.72. The van der Waals surface area contributed by atoms with Crippen LogP contribution in [0, 0.1) is 6.92 Å². The van der Waals surface area contributed by atoms with Crippen LogP contribution in [0.3, 0.4) is 0 Å². The number of anilines is 2. The van der Waals surface area contributed by atoms with E-state index < -0.39 is 0 Å². The van der Waals surface area contributed by atoms with Crippen LogP contribution in [0.25, 0.3) is 10.3 Å². The molecule has 1 fully saturated rings. The molecule has 130 valence electrons. The molecule has 6 nitrogen and oxygen atoms in total. The van der Waals surface area contributed by atoms with Gasteiger partial charge in [0, 0.05) is 45.0 Å². The number of hydrogen-bond acceptors (Lipinski definition) is 7. The van der Waals surface area contributed by atoms with E-state index in [1.165, 1.54) is 12.0 Å². The number of pyridine rings is 1. The molecule has 1 saturated heterocycles. The van der Waals surface area contributed by atoms with Gasteiger partial charge in [-0.2, -0.15) is 9.97 Å². The second kappa shape index (κ2) is 6.55. The summed E-state index contributed by atoms with van der Waals surface area (Å²) in [6, 6.07) is 4.33. The van der Waals surface area contributed by atoms with Gasteiger partial charge in [-0.3, -0.25) is 4.98 Å². The molecule has 7 heteroatoms. The topological polar surface area (TPSA) is 58.0 Å². The lowest BCUT2D eigenvalue weighted by molar-refractivity contribution is 0.503. The molecule has 0 saturated carbocycles. The maximum Gasteiger partial charge on any atom is 0.227 e. The number of rotatable bonds is 3. The molecule has 0 N–H and O–H groups in total. The zero-order valence-electron chi connectivity index (χ0n) is 14.8. The highest BCUT2D eigenvalue weighted by Crippen LogP contribution is 2.31. The lowest BCUT2D eigenvalue weighted by atomic mass is 9.91. The summed E-state index contributed by atoms with van der Waals surface area (Å²) in [5.74, 6) is 1.29. The van der Waals surface area contributed by atoms with Crippen LogP contribution in [0.15, 0.2) is 24.5 Å². The van der Waals surface area contributed by atoms with Gasteiger partial charge >= 0.3 is 0 Å². The van der Waals surface area contributed by atoms with Crippen molar-refractivity contribution < 1.29 is 0 Å². The lowest BCUT2D eigenvalue weighted by Crippen LogP contribution is -2.35. The summed E-state index contributed by atoms with van der Waals surface area (Å²) >= 11 is 1.62. The summed E-state index contributed by atoms with van der Waals surface area (Å²) in [5, 5.41) is 0.963. The fourth-order valence-electron chi connectivity index (χ4n) is 3.31. The fraction of sp³-hybridized carbons (Fsp3) is 0.444. The Bertz CT molecular complexity index is 890. The van der Waals surface area contributed by atoms with E-state index in [4.69, 9.17) is 4.98 Å². The second-order valence-electron chi connectivity index (χ2n) is 6.76. The fourth-order valence-corrected chi connectivity index (χ4v) is 4.11. The van der Waals surface area contributed by atoms with Crippen LogP contribution in [-0.2, 0) is 0 Å². The van der Waals surface area contributed by atoms with Crippen LogP contribution in [0.5, 0.6) is 0 Å². The van der Waals surface area contributed by atoms with Crippen molar-refractivity contribution in [2.45, 2.75) is 25.7 Å². The van der Waals surface area contributed by atoms with Gasteiger partial charge in [0.15, 0.2) is 10.8 Å². The van der Waals surface area contributed by atoms with Crippen molar-refractivity contribution in [1.82, 2.24) is 19.9 Å². The van der Waals surface area contributed by atoms with Gasteiger partial charge in [-0.1, -0.05) is 11.3 Å². The van der Waals surface area contributed by atoms with Gasteiger partial charge in [0.05, 0.1) is 10.9 Å². The second-order valence-corrected chi connectivity index (χ2v) is 7.77. The molecule has 0 aliphatic carbocycles. The molecule has 0 amide bonds. The maximum absolute atomic E-state index is 4.72. The molecule has 25 heavy (non-hydrogen) atoms. The Labute approximate surface area is 151 Å². The lowest BCUT2D eigenvalue weighted by Gasteiger charge is -2.33. The number of aromatic nitrogens is 4. The van der Waals surface area contributed by atoms with Gasteiger partial charge in [0.1, 0.15) is 0 Å². The van der Waals surface area contributed by atoms with Crippen LogP contribution in [0.1, 0.15) is 30.0 Å². The number of fused-ring (bicyclic) bond motifs is 1. The van der Waals surface area contributed by atoms with Crippen molar-refractivity contribution in [3.63, 3.8) is 0 Å². The summed E-state index contributed by atoms with van der Waals surface area (Å²) in [4.78, 5) is 22.6. The van der Waals surface area contributed by atoms with E-state index in [-0.39, 0.29) is 0 Å². The first-order valence-electron chi connectivity index (χ1n) is 8.58. The van der Waals surface area contributed by atoms with Gasteiger partial charge in [-0.15, -0.1) is 0 Å². The summed E-state index contributed by atoms with van der Waals surface area (Å²) in [6.07, 6.45) is 6.16. The zero-order valence-corrected chi connectivity index (χ0v) is 15.6. The van der Waals surface area contributed by atoms with Crippen LogP contribution < -0.4 is 9.80 Å². The normalized spacial score (nSPS) is 17.9. The van der Waals surface area contributed by atoms with Gasteiger partial charge < -0.3 is 9.80 Å². The number of thiazole rings is 1. The molecule has 3 aromatic heterocycles.